The Balaban J connectivity index is 0.00000108. The largest absolute Gasteiger partial charge is 0.297 e. The topological polar surface area (TPSA) is 3.24 Å². The first-order valence-corrected chi connectivity index (χ1v) is 6.30. The minimum atomic E-state index is 0. The molecule has 3 heteroatoms. The van der Waals surface area contributed by atoms with E-state index in [9.17, 15) is 0 Å². The lowest BCUT2D eigenvalue weighted by molar-refractivity contribution is 0.264. The number of rotatable bonds is 1. The summed E-state index contributed by atoms with van der Waals surface area (Å²) in [6.45, 7) is 0. The molecule has 2 aliphatic heterocycles. The van der Waals surface area contributed by atoms with Crippen LogP contribution >= 0.6 is 24.0 Å². The molecule has 1 aromatic carbocycles. The van der Waals surface area contributed by atoms with Gasteiger partial charge in [-0.05, 0) is 49.6 Å². The van der Waals surface area contributed by atoms with E-state index in [1.165, 1.54) is 30.4 Å². The van der Waals surface area contributed by atoms with Crippen molar-refractivity contribution in [2.75, 3.05) is 7.05 Å². The lowest BCUT2D eigenvalue weighted by atomic mass is 9.95. The minimum absolute atomic E-state index is 0. The van der Waals surface area contributed by atoms with Gasteiger partial charge in [-0.2, -0.15) is 0 Å². The number of hydrogen-bond donors (Lipinski definition) is 0. The van der Waals surface area contributed by atoms with Crippen molar-refractivity contribution in [1.82, 2.24) is 4.90 Å². The monoisotopic (exact) mass is 269 g/mol. The van der Waals surface area contributed by atoms with Crippen LogP contribution in [0.2, 0.25) is 5.02 Å². The van der Waals surface area contributed by atoms with Crippen molar-refractivity contribution in [2.24, 2.45) is 0 Å². The number of benzene rings is 1. The first kappa shape index (κ1) is 12.9. The maximum Gasteiger partial charge on any atom is 0.0412 e. The van der Waals surface area contributed by atoms with Crippen molar-refractivity contribution in [3.8, 4) is 0 Å². The van der Waals surface area contributed by atoms with E-state index in [0.717, 1.165) is 11.1 Å². The Morgan fingerprint density at radius 1 is 1.29 bits per heavy atom. The smallest absolute Gasteiger partial charge is 0.0412 e. The molecule has 2 unspecified atom stereocenters. The van der Waals surface area contributed by atoms with Crippen molar-refractivity contribution in [2.45, 2.75) is 31.3 Å². The molecular weight excluding hydrogens is 253 g/mol. The maximum absolute atomic E-state index is 6.04. The molecule has 0 spiro atoms. The third-order valence-corrected chi connectivity index (χ3v) is 4.17. The Morgan fingerprint density at radius 3 is 2.82 bits per heavy atom. The van der Waals surface area contributed by atoms with Crippen LogP contribution in [-0.2, 0) is 0 Å². The van der Waals surface area contributed by atoms with E-state index in [1.807, 2.05) is 12.1 Å². The molecule has 0 saturated carbocycles. The molecule has 0 radical (unpaired) electrons. The summed E-state index contributed by atoms with van der Waals surface area (Å²) >= 11 is 6.04. The van der Waals surface area contributed by atoms with Gasteiger partial charge < -0.3 is 0 Å². The Kier molecular flexibility index (Phi) is 3.82. The third-order valence-electron chi connectivity index (χ3n) is 3.94. The molecule has 92 valence electrons. The molecule has 1 nitrogen and oxygen atoms in total. The lowest BCUT2D eigenvalue weighted by Gasteiger charge is -2.30. The van der Waals surface area contributed by atoms with Crippen molar-refractivity contribution >= 4 is 29.6 Å². The summed E-state index contributed by atoms with van der Waals surface area (Å²) in [6, 6.07) is 9.62. The summed E-state index contributed by atoms with van der Waals surface area (Å²) in [5.74, 6) is 0. The standard InChI is InChI=1S/C14H16ClN.ClH/c1-16-13-5-6-14(16)9-11(8-13)10-3-2-4-12(15)7-10;/h2-4,7-8,13-14H,5-6,9H2,1H3;1H. The zero-order chi connectivity index (χ0) is 11.1. The van der Waals surface area contributed by atoms with Crippen molar-refractivity contribution in [1.29, 1.82) is 0 Å². The summed E-state index contributed by atoms with van der Waals surface area (Å²) in [5.41, 5.74) is 2.78. The molecular formula is C14H17Cl2N. The van der Waals surface area contributed by atoms with Crippen LogP contribution in [0.3, 0.4) is 0 Å². The van der Waals surface area contributed by atoms with Crippen molar-refractivity contribution in [3.05, 3.63) is 40.9 Å². The lowest BCUT2D eigenvalue weighted by Crippen LogP contribution is -2.34. The summed E-state index contributed by atoms with van der Waals surface area (Å²) < 4.78 is 0. The van der Waals surface area contributed by atoms with E-state index >= 15 is 0 Å². The highest BCUT2D eigenvalue weighted by atomic mass is 35.5. The number of nitrogens with zero attached hydrogens (tertiary/aromatic N) is 1. The van der Waals surface area contributed by atoms with Gasteiger partial charge in [0.05, 0.1) is 0 Å². The normalized spacial score (nSPS) is 27.5. The molecule has 2 atom stereocenters. The van der Waals surface area contributed by atoms with Crippen LogP contribution in [0.25, 0.3) is 5.57 Å². The van der Waals surface area contributed by atoms with Gasteiger partial charge in [0.2, 0.25) is 0 Å². The van der Waals surface area contributed by atoms with E-state index in [-0.39, 0.29) is 12.4 Å². The fourth-order valence-electron chi connectivity index (χ4n) is 2.94. The van der Waals surface area contributed by atoms with Gasteiger partial charge in [0.15, 0.2) is 0 Å². The summed E-state index contributed by atoms with van der Waals surface area (Å²) in [6.07, 6.45) is 6.25. The Hall–Kier alpha value is -0.500. The number of fused-ring (bicyclic) bond motifs is 2. The molecule has 1 saturated heterocycles. The molecule has 0 aliphatic carbocycles. The van der Waals surface area contributed by atoms with Gasteiger partial charge in [0.1, 0.15) is 0 Å². The quantitative estimate of drug-likeness (QED) is 0.745. The molecule has 2 heterocycles. The van der Waals surface area contributed by atoms with Crippen LogP contribution < -0.4 is 0 Å². The van der Waals surface area contributed by atoms with Gasteiger partial charge in [0, 0.05) is 17.1 Å². The Morgan fingerprint density at radius 2 is 2.12 bits per heavy atom. The van der Waals surface area contributed by atoms with E-state index in [2.05, 4.69) is 30.2 Å². The van der Waals surface area contributed by atoms with Crippen molar-refractivity contribution < 1.29 is 0 Å². The van der Waals surface area contributed by atoms with Crippen molar-refractivity contribution in [3.63, 3.8) is 0 Å². The molecule has 0 amide bonds. The average molecular weight is 270 g/mol. The van der Waals surface area contributed by atoms with Gasteiger partial charge in [-0.15, -0.1) is 12.4 Å². The fourth-order valence-corrected chi connectivity index (χ4v) is 3.13. The summed E-state index contributed by atoms with van der Waals surface area (Å²) in [4.78, 5) is 2.51. The van der Waals surface area contributed by atoms with E-state index in [1.54, 1.807) is 0 Å². The van der Waals surface area contributed by atoms with Crippen LogP contribution in [0.4, 0.5) is 0 Å². The minimum Gasteiger partial charge on any atom is -0.297 e. The Labute approximate surface area is 114 Å². The zero-order valence-electron chi connectivity index (χ0n) is 9.90. The molecule has 1 aromatic rings. The van der Waals surface area contributed by atoms with Gasteiger partial charge >= 0.3 is 0 Å². The van der Waals surface area contributed by atoms with Crippen LogP contribution in [0, 0.1) is 0 Å². The van der Waals surface area contributed by atoms with Gasteiger partial charge in [0.25, 0.3) is 0 Å². The van der Waals surface area contributed by atoms with Gasteiger partial charge in [-0.3, -0.25) is 4.90 Å². The molecule has 1 fully saturated rings. The van der Waals surface area contributed by atoms with E-state index in [4.69, 9.17) is 11.6 Å². The average Bonchev–Trinajstić information content (AvgIpc) is 2.53. The highest BCUT2D eigenvalue weighted by Gasteiger charge is 2.33. The second-order valence-corrected chi connectivity index (χ2v) is 5.31. The molecule has 0 aromatic heterocycles. The van der Waals surface area contributed by atoms with Crippen LogP contribution in [0.5, 0.6) is 0 Å². The number of halogens is 2. The first-order valence-electron chi connectivity index (χ1n) is 5.92. The molecule has 17 heavy (non-hydrogen) atoms. The molecule has 2 bridgehead atoms. The predicted molar refractivity (Wildman–Crippen MR) is 75.9 cm³/mol. The number of likely N-dealkylation sites (N-methyl/N-ethyl adjacent to an activating group) is 1. The molecule has 2 aliphatic rings. The summed E-state index contributed by atoms with van der Waals surface area (Å²) in [7, 11) is 2.24. The third kappa shape index (κ3) is 2.37. The molecule has 0 N–H and O–H groups in total. The second-order valence-electron chi connectivity index (χ2n) is 4.87. The zero-order valence-corrected chi connectivity index (χ0v) is 11.5. The summed E-state index contributed by atoms with van der Waals surface area (Å²) in [5, 5.41) is 0.838. The molecule has 3 rings (SSSR count). The maximum atomic E-state index is 6.04. The van der Waals surface area contributed by atoms with Crippen LogP contribution in [-0.4, -0.2) is 24.0 Å². The van der Waals surface area contributed by atoms with E-state index in [0.29, 0.717) is 6.04 Å². The van der Waals surface area contributed by atoms with E-state index < -0.39 is 0 Å². The fraction of sp³-hybridized carbons (Fsp3) is 0.429. The number of hydrogen-bond acceptors (Lipinski definition) is 1. The van der Waals surface area contributed by atoms with Crippen LogP contribution in [0.15, 0.2) is 30.3 Å². The second kappa shape index (κ2) is 5.01. The first-order chi connectivity index (χ1) is 7.74. The highest BCUT2D eigenvalue weighted by Crippen LogP contribution is 2.37. The highest BCUT2D eigenvalue weighted by molar-refractivity contribution is 6.30. The van der Waals surface area contributed by atoms with Gasteiger partial charge in [-0.25, -0.2) is 0 Å². The SMILES string of the molecule is CN1C2C=C(c3cccc(Cl)c3)CC1CC2.Cl. The van der Waals surface area contributed by atoms with Crippen LogP contribution in [0.1, 0.15) is 24.8 Å². The predicted octanol–water partition coefficient (Wildman–Crippen LogP) is 4.01. The van der Waals surface area contributed by atoms with Gasteiger partial charge in [-0.1, -0.05) is 29.8 Å². The Bertz CT molecular complexity index is 442.